The number of hydrogen-bond acceptors (Lipinski definition) is 3. The van der Waals surface area contributed by atoms with E-state index in [1.165, 1.54) is 6.07 Å². The zero-order chi connectivity index (χ0) is 12.0. The highest BCUT2D eigenvalue weighted by Gasteiger charge is 2.14. The van der Waals surface area contributed by atoms with Crippen molar-refractivity contribution < 1.29 is 18.6 Å². The highest BCUT2D eigenvalue weighted by atomic mass is 19.3. The van der Waals surface area contributed by atoms with Gasteiger partial charge in [0.15, 0.2) is 0 Å². The van der Waals surface area contributed by atoms with Crippen molar-refractivity contribution in [3.05, 3.63) is 29.8 Å². The number of benzene rings is 1. The van der Waals surface area contributed by atoms with E-state index in [1.54, 1.807) is 18.2 Å². The molecule has 0 aromatic heterocycles. The fourth-order valence-corrected chi connectivity index (χ4v) is 1.46. The van der Waals surface area contributed by atoms with Crippen LogP contribution < -0.4 is 10.5 Å². The number of aliphatic hydroxyl groups is 1. The summed E-state index contributed by atoms with van der Waals surface area (Å²) in [6.07, 6.45) is 1.06. The summed E-state index contributed by atoms with van der Waals surface area (Å²) in [5.41, 5.74) is 6.36. The van der Waals surface area contributed by atoms with Crippen LogP contribution in [0.3, 0.4) is 0 Å². The Labute approximate surface area is 92.8 Å². The summed E-state index contributed by atoms with van der Waals surface area (Å²) in [4.78, 5) is 0. The van der Waals surface area contributed by atoms with Gasteiger partial charge in [-0.25, -0.2) is 0 Å². The average molecular weight is 231 g/mol. The van der Waals surface area contributed by atoms with E-state index in [0.29, 0.717) is 18.4 Å². The van der Waals surface area contributed by atoms with Crippen LogP contribution in [0.4, 0.5) is 8.78 Å². The Kier molecular flexibility index (Phi) is 5.14. The van der Waals surface area contributed by atoms with Crippen LogP contribution in [0.1, 0.15) is 24.4 Å². The molecule has 0 spiro atoms. The van der Waals surface area contributed by atoms with E-state index in [-0.39, 0.29) is 12.4 Å². The molecule has 0 amide bonds. The fourth-order valence-electron chi connectivity index (χ4n) is 1.46. The highest BCUT2D eigenvalue weighted by molar-refractivity contribution is 5.35. The van der Waals surface area contributed by atoms with E-state index in [4.69, 9.17) is 10.8 Å². The molecule has 0 saturated heterocycles. The molecule has 1 aromatic rings. The number of ether oxygens (including phenoxy) is 1. The number of nitrogens with two attached hydrogens (primary N) is 1. The molecule has 0 unspecified atom stereocenters. The molecular weight excluding hydrogens is 216 g/mol. The minimum absolute atomic E-state index is 0.0333. The van der Waals surface area contributed by atoms with Crippen molar-refractivity contribution in [3.63, 3.8) is 0 Å². The van der Waals surface area contributed by atoms with Gasteiger partial charge >= 0.3 is 6.61 Å². The first kappa shape index (κ1) is 12.9. The minimum Gasteiger partial charge on any atom is -0.434 e. The van der Waals surface area contributed by atoms with Gasteiger partial charge in [0.2, 0.25) is 0 Å². The van der Waals surface area contributed by atoms with Crippen molar-refractivity contribution >= 4 is 0 Å². The summed E-state index contributed by atoms with van der Waals surface area (Å²) in [5.74, 6) is 0.0999. The second kappa shape index (κ2) is 6.40. The number of alkyl halides is 2. The van der Waals surface area contributed by atoms with Crippen molar-refractivity contribution in [2.24, 2.45) is 5.73 Å². The lowest BCUT2D eigenvalue weighted by molar-refractivity contribution is -0.0506. The lowest BCUT2D eigenvalue weighted by Gasteiger charge is -2.16. The van der Waals surface area contributed by atoms with E-state index in [9.17, 15) is 8.78 Å². The smallest absolute Gasteiger partial charge is 0.387 e. The third kappa shape index (κ3) is 3.75. The zero-order valence-corrected chi connectivity index (χ0v) is 8.77. The predicted molar refractivity (Wildman–Crippen MR) is 56.3 cm³/mol. The zero-order valence-electron chi connectivity index (χ0n) is 8.77. The second-order valence-corrected chi connectivity index (χ2v) is 3.39. The Morgan fingerprint density at radius 1 is 1.31 bits per heavy atom. The molecule has 0 aliphatic rings. The summed E-state index contributed by atoms with van der Waals surface area (Å²) in [7, 11) is 0. The molecule has 0 bridgehead atoms. The van der Waals surface area contributed by atoms with E-state index >= 15 is 0 Å². The van der Waals surface area contributed by atoms with Gasteiger partial charge in [-0.05, 0) is 18.9 Å². The predicted octanol–water partition coefficient (Wildman–Crippen LogP) is 2.06. The number of halogens is 2. The van der Waals surface area contributed by atoms with E-state index in [1.807, 2.05) is 0 Å². The molecule has 1 rings (SSSR count). The van der Waals surface area contributed by atoms with Gasteiger partial charge in [-0.15, -0.1) is 0 Å². The lowest BCUT2D eigenvalue weighted by Crippen LogP contribution is -2.14. The lowest BCUT2D eigenvalue weighted by atomic mass is 10.0. The van der Waals surface area contributed by atoms with Crippen molar-refractivity contribution in [2.45, 2.75) is 25.5 Å². The van der Waals surface area contributed by atoms with Gasteiger partial charge in [-0.3, -0.25) is 0 Å². The van der Waals surface area contributed by atoms with E-state index < -0.39 is 12.7 Å². The Morgan fingerprint density at radius 3 is 2.62 bits per heavy atom. The minimum atomic E-state index is -2.86. The summed E-state index contributed by atoms with van der Waals surface area (Å²) >= 11 is 0. The molecule has 5 heteroatoms. The van der Waals surface area contributed by atoms with Gasteiger partial charge in [0.25, 0.3) is 0 Å². The van der Waals surface area contributed by atoms with Gasteiger partial charge in [-0.2, -0.15) is 8.78 Å². The van der Waals surface area contributed by atoms with Crippen LogP contribution in [-0.4, -0.2) is 18.3 Å². The van der Waals surface area contributed by atoms with Gasteiger partial charge < -0.3 is 15.6 Å². The van der Waals surface area contributed by atoms with Crippen molar-refractivity contribution in [2.75, 3.05) is 6.61 Å². The molecule has 0 heterocycles. The number of para-hydroxylation sites is 1. The maximum atomic E-state index is 12.1. The number of hydrogen-bond donors (Lipinski definition) is 2. The van der Waals surface area contributed by atoms with E-state index in [2.05, 4.69) is 4.74 Å². The second-order valence-electron chi connectivity index (χ2n) is 3.39. The van der Waals surface area contributed by atoms with Gasteiger partial charge in [-0.1, -0.05) is 18.2 Å². The SMILES string of the molecule is N[C@@H](CCCO)c1ccccc1OC(F)F. The molecule has 0 aliphatic carbocycles. The topological polar surface area (TPSA) is 55.5 Å². The fraction of sp³-hybridized carbons (Fsp3) is 0.455. The largest absolute Gasteiger partial charge is 0.434 e. The van der Waals surface area contributed by atoms with Crippen molar-refractivity contribution in [3.8, 4) is 5.75 Å². The van der Waals surface area contributed by atoms with Crippen LogP contribution in [0.25, 0.3) is 0 Å². The third-order valence-corrected chi connectivity index (χ3v) is 2.21. The average Bonchev–Trinajstić information content (AvgIpc) is 2.26. The molecule has 3 N–H and O–H groups in total. The van der Waals surface area contributed by atoms with Gasteiger partial charge in [0.1, 0.15) is 5.75 Å². The molecule has 1 aromatic carbocycles. The van der Waals surface area contributed by atoms with Crippen LogP contribution >= 0.6 is 0 Å². The molecule has 90 valence electrons. The molecule has 0 radical (unpaired) electrons. The molecule has 1 atom stereocenters. The van der Waals surface area contributed by atoms with Crippen molar-refractivity contribution in [1.82, 2.24) is 0 Å². The molecule has 0 fully saturated rings. The summed E-state index contributed by atoms with van der Waals surface area (Å²) in [6, 6.07) is 6.04. The molecule has 0 aliphatic heterocycles. The molecule has 3 nitrogen and oxygen atoms in total. The molecule has 0 saturated carbocycles. The Bertz CT molecular complexity index is 321. The van der Waals surface area contributed by atoms with Crippen LogP contribution in [0.2, 0.25) is 0 Å². The third-order valence-electron chi connectivity index (χ3n) is 2.21. The highest BCUT2D eigenvalue weighted by Crippen LogP contribution is 2.27. The maximum Gasteiger partial charge on any atom is 0.387 e. The molecule has 16 heavy (non-hydrogen) atoms. The van der Waals surface area contributed by atoms with Gasteiger partial charge in [0.05, 0.1) is 0 Å². The first-order valence-corrected chi connectivity index (χ1v) is 5.05. The van der Waals surface area contributed by atoms with Crippen LogP contribution in [0, 0.1) is 0 Å². The quantitative estimate of drug-likeness (QED) is 0.787. The monoisotopic (exact) mass is 231 g/mol. The number of rotatable bonds is 6. The standard InChI is InChI=1S/C11H15F2NO2/c12-11(13)16-10-6-2-1-4-8(10)9(14)5-3-7-15/h1-2,4,6,9,11,15H,3,5,7,14H2/t9-/m0/s1. The van der Waals surface area contributed by atoms with Crippen LogP contribution in [0.15, 0.2) is 24.3 Å². The summed E-state index contributed by atoms with van der Waals surface area (Å²) in [5, 5.41) is 8.67. The van der Waals surface area contributed by atoms with Crippen LogP contribution in [-0.2, 0) is 0 Å². The van der Waals surface area contributed by atoms with Gasteiger partial charge in [0, 0.05) is 18.2 Å². The van der Waals surface area contributed by atoms with Crippen molar-refractivity contribution in [1.29, 1.82) is 0 Å². The summed E-state index contributed by atoms with van der Waals surface area (Å²) < 4.78 is 28.6. The Hall–Kier alpha value is -1.20. The maximum absolute atomic E-state index is 12.1. The number of aliphatic hydroxyl groups excluding tert-OH is 1. The summed E-state index contributed by atoms with van der Waals surface area (Å²) in [6.45, 7) is -2.82. The van der Waals surface area contributed by atoms with E-state index in [0.717, 1.165) is 0 Å². The van der Waals surface area contributed by atoms with Crippen LogP contribution in [0.5, 0.6) is 5.75 Å². The molecular formula is C11H15F2NO2. The normalized spacial score (nSPS) is 12.8. The Balaban J connectivity index is 2.76. The Morgan fingerprint density at radius 2 is 2.00 bits per heavy atom. The first-order valence-electron chi connectivity index (χ1n) is 5.05. The first-order chi connectivity index (χ1) is 7.65.